The van der Waals surface area contributed by atoms with Crippen LogP contribution in [-0.2, 0) is 11.2 Å². The first-order valence-electron chi connectivity index (χ1n) is 9.52. The maximum Gasteiger partial charge on any atom is 0.335 e. The molecule has 0 saturated carbocycles. The van der Waals surface area contributed by atoms with Crippen molar-refractivity contribution in [3.8, 4) is 17.1 Å². The lowest BCUT2D eigenvalue weighted by Crippen LogP contribution is -2.04. The molecule has 2 rings (SSSR count). The second-order valence-corrected chi connectivity index (χ2v) is 6.34. The molecule has 0 aliphatic carbocycles. The topological polar surface area (TPSA) is 52.1 Å². The Morgan fingerprint density at radius 2 is 1.69 bits per heavy atom. The van der Waals surface area contributed by atoms with Crippen molar-refractivity contribution in [2.45, 2.75) is 58.8 Å². The second kappa shape index (κ2) is 11.2. The van der Waals surface area contributed by atoms with Crippen LogP contribution in [0.5, 0.6) is 5.75 Å². The molecule has 0 radical (unpaired) electrons. The molecule has 0 bridgehead atoms. The van der Waals surface area contributed by atoms with E-state index in [1.165, 1.54) is 56.1 Å². The van der Waals surface area contributed by atoms with E-state index >= 15 is 0 Å². The van der Waals surface area contributed by atoms with Gasteiger partial charge in [0.15, 0.2) is 11.6 Å². The second-order valence-electron chi connectivity index (χ2n) is 6.34. The van der Waals surface area contributed by atoms with E-state index in [0.29, 0.717) is 11.6 Å². The third-order valence-electron chi connectivity index (χ3n) is 4.12. The first-order chi connectivity index (χ1) is 12.7. The maximum absolute atomic E-state index is 11.5. The summed E-state index contributed by atoms with van der Waals surface area (Å²) in [6.07, 6.45) is 14.6. The average molecular weight is 352 g/mol. The Bertz CT molecular complexity index is 691. The first-order valence-corrected chi connectivity index (χ1v) is 9.52. The Labute approximate surface area is 156 Å². The summed E-state index contributed by atoms with van der Waals surface area (Å²) in [5.41, 5.74) is 2.31. The Hall–Kier alpha value is -2.49. The standard InChI is InChI=1S/C22H28N2O2/c1-3-5-7-8-9-10-18-12-14-19(15-13-18)22-23-16-20(17-24-22)26-21(25)11-6-4-2/h6,11-17H,3-5,7-10H2,1-2H3. The molecule has 0 fully saturated rings. The molecule has 0 amide bonds. The van der Waals surface area contributed by atoms with Crippen molar-refractivity contribution in [1.29, 1.82) is 0 Å². The number of hydrogen-bond donors (Lipinski definition) is 0. The first kappa shape index (κ1) is 19.8. The van der Waals surface area contributed by atoms with Crippen LogP contribution in [0.2, 0.25) is 0 Å². The van der Waals surface area contributed by atoms with Crippen LogP contribution in [0.4, 0.5) is 0 Å². The van der Waals surface area contributed by atoms with Gasteiger partial charge in [-0.05, 0) is 24.8 Å². The Kier molecular flexibility index (Phi) is 8.53. The molecule has 0 aliphatic heterocycles. The molecule has 0 aliphatic rings. The van der Waals surface area contributed by atoms with Gasteiger partial charge >= 0.3 is 5.97 Å². The average Bonchev–Trinajstić information content (AvgIpc) is 2.67. The van der Waals surface area contributed by atoms with Gasteiger partial charge in [-0.3, -0.25) is 0 Å². The number of unbranched alkanes of at least 4 members (excludes halogenated alkanes) is 4. The van der Waals surface area contributed by atoms with Crippen molar-refractivity contribution in [2.24, 2.45) is 0 Å². The van der Waals surface area contributed by atoms with Crippen LogP contribution >= 0.6 is 0 Å². The number of aryl methyl sites for hydroxylation is 1. The number of carbonyl (C=O) groups is 1. The molecule has 0 atom stereocenters. The van der Waals surface area contributed by atoms with Gasteiger partial charge in [0, 0.05) is 11.6 Å². The summed E-state index contributed by atoms with van der Waals surface area (Å²) < 4.78 is 5.15. The third-order valence-corrected chi connectivity index (χ3v) is 4.12. The minimum absolute atomic E-state index is 0.350. The maximum atomic E-state index is 11.5. The molecule has 0 unspecified atom stereocenters. The smallest absolute Gasteiger partial charge is 0.335 e. The normalized spacial score (nSPS) is 11.0. The molecule has 0 spiro atoms. The highest BCUT2D eigenvalue weighted by Gasteiger charge is 2.05. The van der Waals surface area contributed by atoms with Gasteiger partial charge in [0.2, 0.25) is 0 Å². The zero-order valence-corrected chi connectivity index (χ0v) is 15.8. The molecular formula is C22H28N2O2. The fraction of sp³-hybridized carbons (Fsp3) is 0.409. The van der Waals surface area contributed by atoms with Gasteiger partial charge in [0.05, 0.1) is 12.4 Å². The zero-order valence-electron chi connectivity index (χ0n) is 15.8. The third kappa shape index (κ3) is 6.79. The molecule has 0 N–H and O–H groups in total. The SMILES string of the molecule is CCC=CC(=O)Oc1cnc(-c2ccc(CCCCCCC)cc2)nc1. The van der Waals surface area contributed by atoms with E-state index in [1.54, 1.807) is 6.08 Å². The summed E-state index contributed by atoms with van der Waals surface area (Å²) in [6.45, 7) is 4.19. The number of carbonyl (C=O) groups excluding carboxylic acids is 1. The molecule has 0 saturated heterocycles. The van der Waals surface area contributed by atoms with Crippen molar-refractivity contribution in [1.82, 2.24) is 9.97 Å². The highest BCUT2D eigenvalue weighted by Crippen LogP contribution is 2.18. The van der Waals surface area contributed by atoms with Crippen LogP contribution in [0.25, 0.3) is 11.4 Å². The summed E-state index contributed by atoms with van der Waals surface area (Å²) in [7, 11) is 0. The molecule has 138 valence electrons. The number of benzene rings is 1. The highest BCUT2D eigenvalue weighted by atomic mass is 16.5. The van der Waals surface area contributed by atoms with Crippen LogP contribution in [-0.4, -0.2) is 15.9 Å². The zero-order chi connectivity index (χ0) is 18.6. The van der Waals surface area contributed by atoms with Crippen LogP contribution in [0, 0.1) is 0 Å². The van der Waals surface area contributed by atoms with Gasteiger partial charge in [-0.2, -0.15) is 0 Å². The summed E-state index contributed by atoms with van der Waals surface area (Å²) in [5.74, 6) is 0.568. The van der Waals surface area contributed by atoms with Crippen LogP contribution in [0.3, 0.4) is 0 Å². The summed E-state index contributed by atoms with van der Waals surface area (Å²) in [5, 5.41) is 0. The van der Waals surface area contributed by atoms with E-state index < -0.39 is 5.97 Å². The van der Waals surface area contributed by atoms with Crippen molar-refractivity contribution in [2.75, 3.05) is 0 Å². The molecule has 1 heterocycles. The van der Waals surface area contributed by atoms with Crippen molar-refractivity contribution >= 4 is 5.97 Å². The lowest BCUT2D eigenvalue weighted by molar-refractivity contribution is -0.129. The van der Waals surface area contributed by atoms with Gasteiger partial charge < -0.3 is 4.74 Å². The largest absolute Gasteiger partial charge is 0.420 e. The minimum atomic E-state index is -0.411. The van der Waals surface area contributed by atoms with E-state index in [-0.39, 0.29) is 0 Å². The number of nitrogens with zero attached hydrogens (tertiary/aromatic N) is 2. The van der Waals surface area contributed by atoms with E-state index in [9.17, 15) is 4.79 Å². The lowest BCUT2D eigenvalue weighted by Gasteiger charge is -2.05. The number of allylic oxidation sites excluding steroid dienone is 1. The minimum Gasteiger partial charge on any atom is -0.420 e. The highest BCUT2D eigenvalue weighted by molar-refractivity contribution is 5.83. The number of esters is 1. The fourth-order valence-corrected chi connectivity index (χ4v) is 2.64. The van der Waals surface area contributed by atoms with E-state index in [0.717, 1.165) is 18.4 Å². The van der Waals surface area contributed by atoms with E-state index in [4.69, 9.17) is 4.74 Å². The summed E-state index contributed by atoms with van der Waals surface area (Å²) >= 11 is 0. The van der Waals surface area contributed by atoms with Gasteiger partial charge in [-0.1, -0.05) is 69.9 Å². The predicted molar refractivity (Wildman–Crippen MR) is 105 cm³/mol. The van der Waals surface area contributed by atoms with Gasteiger partial charge in [-0.25, -0.2) is 14.8 Å². The van der Waals surface area contributed by atoms with Gasteiger partial charge in [0.1, 0.15) is 0 Å². The van der Waals surface area contributed by atoms with E-state index in [1.807, 2.05) is 19.1 Å². The number of aromatic nitrogens is 2. The fourth-order valence-electron chi connectivity index (χ4n) is 2.64. The Balaban J connectivity index is 1.88. The quantitative estimate of drug-likeness (QED) is 0.320. The lowest BCUT2D eigenvalue weighted by atomic mass is 10.0. The van der Waals surface area contributed by atoms with Crippen molar-refractivity contribution in [3.05, 3.63) is 54.4 Å². The van der Waals surface area contributed by atoms with Crippen molar-refractivity contribution < 1.29 is 9.53 Å². The van der Waals surface area contributed by atoms with Crippen LogP contribution in [0.1, 0.15) is 57.9 Å². The number of hydrogen-bond acceptors (Lipinski definition) is 4. The Morgan fingerprint density at radius 1 is 1.00 bits per heavy atom. The Morgan fingerprint density at radius 3 is 2.35 bits per heavy atom. The summed E-state index contributed by atoms with van der Waals surface area (Å²) in [4.78, 5) is 20.1. The van der Waals surface area contributed by atoms with Crippen LogP contribution < -0.4 is 4.74 Å². The predicted octanol–water partition coefficient (Wildman–Crippen LogP) is 5.53. The van der Waals surface area contributed by atoms with Gasteiger partial charge in [0.25, 0.3) is 0 Å². The number of ether oxygens (including phenoxy) is 1. The molecule has 1 aromatic carbocycles. The molecule has 1 aromatic heterocycles. The van der Waals surface area contributed by atoms with E-state index in [2.05, 4.69) is 29.0 Å². The van der Waals surface area contributed by atoms with Crippen LogP contribution in [0.15, 0.2) is 48.8 Å². The summed E-state index contributed by atoms with van der Waals surface area (Å²) in [6, 6.07) is 8.38. The molecule has 4 heteroatoms. The monoisotopic (exact) mass is 352 g/mol. The molecule has 2 aromatic rings. The number of rotatable bonds is 10. The van der Waals surface area contributed by atoms with Gasteiger partial charge in [-0.15, -0.1) is 0 Å². The molecule has 4 nitrogen and oxygen atoms in total. The molecule has 26 heavy (non-hydrogen) atoms. The van der Waals surface area contributed by atoms with Crippen molar-refractivity contribution in [3.63, 3.8) is 0 Å². The molecular weight excluding hydrogens is 324 g/mol.